The molecule has 0 saturated carbocycles. The Bertz CT molecular complexity index is 326. The van der Waals surface area contributed by atoms with Crippen LogP contribution in [0.4, 0.5) is 0 Å². The number of hydrogen-bond donors (Lipinski definition) is 0. The number of ether oxygens (including phenoxy) is 1. The summed E-state index contributed by atoms with van der Waals surface area (Å²) in [6, 6.07) is 8.37. The summed E-state index contributed by atoms with van der Waals surface area (Å²) < 4.78 is 5.71. The van der Waals surface area contributed by atoms with Crippen LogP contribution in [0, 0.1) is 0 Å². The molecule has 0 amide bonds. The van der Waals surface area contributed by atoms with Crippen LogP contribution in [0.5, 0.6) is 5.75 Å². The van der Waals surface area contributed by atoms with Gasteiger partial charge in [-0.1, -0.05) is 32.9 Å². The third-order valence-corrected chi connectivity index (χ3v) is 2.51. The van der Waals surface area contributed by atoms with E-state index in [0.717, 1.165) is 18.9 Å². The predicted molar refractivity (Wildman–Crippen MR) is 69.2 cm³/mol. The summed E-state index contributed by atoms with van der Waals surface area (Å²) in [5.74, 6) is 0.967. The second kappa shape index (κ2) is 5.35. The van der Waals surface area contributed by atoms with Crippen molar-refractivity contribution in [3.05, 3.63) is 29.8 Å². The number of hydrogen-bond acceptors (Lipinski definition) is 2. The quantitative estimate of drug-likeness (QED) is 0.775. The lowest BCUT2D eigenvalue weighted by atomic mass is 9.87. The molecule has 1 rings (SSSR count). The molecule has 0 aromatic heterocycles. The number of nitrogens with zero attached hydrogens (tertiary/aromatic N) is 1. The first kappa shape index (κ1) is 13.0. The van der Waals surface area contributed by atoms with E-state index in [1.54, 1.807) is 0 Å². The maximum atomic E-state index is 5.71. The monoisotopic (exact) mass is 221 g/mol. The molecule has 16 heavy (non-hydrogen) atoms. The maximum absolute atomic E-state index is 5.71. The van der Waals surface area contributed by atoms with E-state index < -0.39 is 0 Å². The zero-order chi connectivity index (χ0) is 12.2. The Balaban J connectivity index is 2.61. The summed E-state index contributed by atoms with van der Waals surface area (Å²) in [4.78, 5) is 2.12. The molecule has 0 N–H and O–H groups in total. The molecular weight excluding hydrogens is 198 g/mol. The van der Waals surface area contributed by atoms with E-state index in [1.165, 1.54) is 5.56 Å². The molecular formula is C14H23NO. The first-order chi connectivity index (χ1) is 7.39. The molecule has 0 spiro atoms. The molecule has 0 aliphatic rings. The molecule has 0 bridgehead atoms. The van der Waals surface area contributed by atoms with Crippen LogP contribution in [0.1, 0.15) is 26.3 Å². The van der Waals surface area contributed by atoms with Crippen molar-refractivity contribution in [3.8, 4) is 5.75 Å². The van der Waals surface area contributed by atoms with E-state index in [9.17, 15) is 0 Å². The van der Waals surface area contributed by atoms with Crippen molar-refractivity contribution in [2.45, 2.75) is 26.2 Å². The summed E-state index contributed by atoms with van der Waals surface area (Å²) in [7, 11) is 4.10. The zero-order valence-electron chi connectivity index (χ0n) is 11.1. The van der Waals surface area contributed by atoms with Crippen molar-refractivity contribution in [3.63, 3.8) is 0 Å². The van der Waals surface area contributed by atoms with Gasteiger partial charge in [-0.15, -0.1) is 0 Å². The molecule has 0 radical (unpaired) electrons. The molecule has 2 nitrogen and oxygen atoms in total. The Morgan fingerprint density at radius 1 is 1.19 bits per heavy atom. The highest BCUT2D eigenvalue weighted by Gasteiger charge is 2.13. The van der Waals surface area contributed by atoms with Crippen LogP contribution in [0.3, 0.4) is 0 Å². The molecule has 0 aliphatic carbocycles. The Hall–Kier alpha value is -1.02. The van der Waals surface area contributed by atoms with Gasteiger partial charge in [0, 0.05) is 6.54 Å². The maximum Gasteiger partial charge on any atom is 0.119 e. The second-order valence-electron chi connectivity index (χ2n) is 5.43. The summed E-state index contributed by atoms with van der Waals surface area (Å²) >= 11 is 0. The number of likely N-dealkylation sites (N-methyl/N-ethyl adjacent to an activating group) is 1. The van der Waals surface area contributed by atoms with Crippen LogP contribution in [0.2, 0.25) is 0 Å². The molecule has 0 aliphatic heterocycles. The van der Waals surface area contributed by atoms with Crippen molar-refractivity contribution in [2.24, 2.45) is 0 Å². The smallest absolute Gasteiger partial charge is 0.119 e. The number of rotatable bonds is 4. The summed E-state index contributed by atoms with van der Waals surface area (Å²) in [6.45, 7) is 8.32. The van der Waals surface area contributed by atoms with E-state index in [2.05, 4.69) is 58.0 Å². The number of benzene rings is 1. The Kier molecular flexibility index (Phi) is 4.36. The summed E-state index contributed by atoms with van der Waals surface area (Å²) in [6.07, 6.45) is 0. The average Bonchev–Trinajstić information content (AvgIpc) is 2.16. The highest BCUT2D eigenvalue weighted by Crippen LogP contribution is 2.25. The molecule has 1 aromatic rings. The van der Waals surface area contributed by atoms with Crippen LogP contribution in [-0.2, 0) is 5.41 Å². The standard InChI is InChI=1S/C14H23NO/c1-14(2,3)12-7-6-8-13(11-12)16-10-9-15(4)5/h6-8,11H,9-10H2,1-5H3. The predicted octanol–water partition coefficient (Wildman–Crippen LogP) is 2.92. The van der Waals surface area contributed by atoms with Crippen LogP contribution in [0.25, 0.3) is 0 Å². The Labute approximate surface area is 99.2 Å². The Morgan fingerprint density at radius 3 is 2.44 bits per heavy atom. The van der Waals surface area contributed by atoms with Gasteiger partial charge in [-0.3, -0.25) is 0 Å². The minimum Gasteiger partial charge on any atom is -0.492 e. The minimum absolute atomic E-state index is 0.181. The van der Waals surface area contributed by atoms with Gasteiger partial charge in [0.05, 0.1) is 0 Å². The fourth-order valence-corrected chi connectivity index (χ4v) is 1.40. The molecule has 0 saturated heterocycles. The molecule has 0 unspecified atom stereocenters. The van der Waals surface area contributed by atoms with Gasteiger partial charge in [0.25, 0.3) is 0 Å². The fraction of sp³-hybridized carbons (Fsp3) is 0.571. The zero-order valence-corrected chi connectivity index (χ0v) is 11.1. The average molecular weight is 221 g/mol. The van der Waals surface area contributed by atoms with E-state index in [4.69, 9.17) is 4.74 Å². The summed E-state index contributed by atoms with van der Waals surface area (Å²) in [5, 5.41) is 0. The van der Waals surface area contributed by atoms with E-state index in [1.807, 2.05) is 6.07 Å². The highest BCUT2D eigenvalue weighted by atomic mass is 16.5. The highest BCUT2D eigenvalue weighted by molar-refractivity contribution is 5.32. The van der Waals surface area contributed by atoms with Crippen molar-refractivity contribution >= 4 is 0 Å². The second-order valence-corrected chi connectivity index (χ2v) is 5.43. The van der Waals surface area contributed by atoms with Gasteiger partial charge in [-0.2, -0.15) is 0 Å². The summed E-state index contributed by atoms with van der Waals surface area (Å²) in [5.41, 5.74) is 1.50. The van der Waals surface area contributed by atoms with Crippen LogP contribution in [0.15, 0.2) is 24.3 Å². The molecule has 0 heterocycles. The fourth-order valence-electron chi connectivity index (χ4n) is 1.40. The van der Waals surface area contributed by atoms with E-state index in [-0.39, 0.29) is 5.41 Å². The molecule has 90 valence electrons. The first-order valence-electron chi connectivity index (χ1n) is 5.77. The van der Waals surface area contributed by atoms with Gasteiger partial charge in [0.2, 0.25) is 0 Å². The van der Waals surface area contributed by atoms with Gasteiger partial charge in [0.15, 0.2) is 0 Å². The first-order valence-corrected chi connectivity index (χ1v) is 5.77. The molecule has 2 heteroatoms. The van der Waals surface area contributed by atoms with Gasteiger partial charge in [0.1, 0.15) is 12.4 Å². The SMILES string of the molecule is CN(C)CCOc1cccc(C(C)(C)C)c1. The third kappa shape index (κ3) is 4.23. The van der Waals surface area contributed by atoms with Gasteiger partial charge in [-0.25, -0.2) is 0 Å². The van der Waals surface area contributed by atoms with Crippen LogP contribution >= 0.6 is 0 Å². The third-order valence-electron chi connectivity index (χ3n) is 2.51. The van der Waals surface area contributed by atoms with Crippen LogP contribution in [-0.4, -0.2) is 32.1 Å². The van der Waals surface area contributed by atoms with E-state index >= 15 is 0 Å². The van der Waals surface area contributed by atoms with Crippen LogP contribution < -0.4 is 4.74 Å². The van der Waals surface area contributed by atoms with Gasteiger partial charge in [-0.05, 0) is 37.2 Å². The minimum atomic E-state index is 0.181. The molecule has 1 aromatic carbocycles. The lowest BCUT2D eigenvalue weighted by Gasteiger charge is -2.20. The van der Waals surface area contributed by atoms with Crippen molar-refractivity contribution in [1.82, 2.24) is 4.90 Å². The normalized spacial score (nSPS) is 11.9. The van der Waals surface area contributed by atoms with Gasteiger partial charge >= 0.3 is 0 Å². The molecule has 0 fully saturated rings. The van der Waals surface area contributed by atoms with Crippen molar-refractivity contribution < 1.29 is 4.74 Å². The van der Waals surface area contributed by atoms with Gasteiger partial charge < -0.3 is 9.64 Å². The largest absolute Gasteiger partial charge is 0.492 e. The lowest BCUT2D eigenvalue weighted by Crippen LogP contribution is -2.19. The van der Waals surface area contributed by atoms with E-state index in [0.29, 0.717) is 0 Å². The Morgan fingerprint density at radius 2 is 1.88 bits per heavy atom. The van der Waals surface area contributed by atoms with Crippen molar-refractivity contribution in [1.29, 1.82) is 0 Å². The lowest BCUT2D eigenvalue weighted by molar-refractivity contribution is 0.261. The van der Waals surface area contributed by atoms with Crippen molar-refractivity contribution in [2.75, 3.05) is 27.2 Å². The topological polar surface area (TPSA) is 12.5 Å². The molecule has 0 atom stereocenters.